The predicted octanol–water partition coefficient (Wildman–Crippen LogP) is 17.1. The molecule has 11 rings (SSSR count). The van der Waals surface area contributed by atoms with Crippen molar-refractivity contribution in [2.75, 3.05) is 9.80 Å². The van der Waals surface area contributed by atoms with Crippen LogP contribution in [0.5, 0.6) is 5.75 Å². The largest absolute Gasteiger partial charge is 3.00 e. The number of phenols is 1. The summed E-state index contributed by atoms with van der Waals surface area (Å²) < 4.78 is 0. The van der Waals surface area contributed by atoms with Gasteiger partial charge in [-0.25, -0.2) is 0 Å². The quantitative estimate of drug-likeness (QED) is 0.138. The molecule has 0 aliphatic carbocycles. The van der Waals surface area contributed by atoms with Crippen LogP contribution in [-0.2, 0) is 20.1 Å². The number of hydrogen-bond donors (Lipinski definition) is 1. The van der Waals surface area contributed by atoms with Gasteiger partial charge in [0.15, 0.2) is 0 Å². The van der Waals surface area contributed by atoms with Crippen LogP contribution < -0.4 is 9.80 Å². The van der Waals surface area contributed by atoms with Gasteiger partial charge in [0.05, 0.1) is 5.69 Å². The Bertz CT molecular complexity index is 3260. The minimum atomic E-state index is 0. The summed E-state index contributed by atoms with van der Waals surface area (Å²) in [4.78, 5) is 13.3. The Hall–Kier alpha value is -7.89. The molecule has 5 nitrogen and oxygen atoms in total. The van der Waals surface area contributed by atoms with Gasteiger partial charge in [0.25, 0.3) is 0 Å². The van der Waals surface area contributed by atoms with Crippen LogP contribution in [0, 0.1) is 18.8 Å². The molecule has 0 atom stereocenters. The molecule has 0 amide bonds. The molecule has 0 fully saturated rings. The zero-order valence-corrected chi connectivity index (χ0v) is 42.6. The number of anilines is 4. The number of phenolic OH excluding ortho intramolecular Hbond substituents is 1. The molecule has 0 saturated heterocycles. The molecule has 0 spiro atoms. The van der Waals surface area contributed by atoms with Crippen LogP contribution in [0.15, 0.2) is 225 Å². The number of hydrogen-bond acceptors (Lipinski definition) is 5. The van der Waals surface area contributed by atoms with Gasteiger partial charge in [-0.2, -0.15) is 30.3 Å². The fraction of sp³-hybridized carbons (Fsp3) is 0.0923. The van der Waals surface area contributed by atoms with E-state index in [4.69, 9.17) is 0 Å². The van der Waals surface area contributed by atoms with Crippen LogP contribution in [0.2, 0.25) is 0 Å². The van der Waals surface area contributed by atoms with Crippen molar-refractivity contribution in [3.63, 3.8) is 0 Å². The third-order valence-corrected chi connectivity index (χ3v) is 12.7. The number of aromatic nitrogens is 2. The average Bonchev–Trinajstić information content (AvgIpc) is 3.80. The molecule has 3 heterocycles. The Balaban J connectivity index is 0.000000180. The Morgan fingerprint density at radius 2 is 0.930 bits per heavy atom. The molecule has 2 aromatic heterocycles. The Labute approximate surface area is 432 Å². The second-order valence-electron chi connectivity index (χ2n) is 18.1. The summed E-state index contributed by atoms with van der Waals surface area (Å²) in [5.41, 5.74) is 19.8. The van der Waals surface area contributed by atoms with Crippen LogP contribution in [-0.4, -0.2) is 15.1 Å². The second kappa shape index (κ2) is 21.8. The van der Waals surface area contributed by atoms with Crippen molar-refractivity contribution in [2.24, 2.45) is 0 Å². The molecule has 0 unspecified atom stereocenters. The monoisotopic (exact) mass is 1100 g/mol. The summed E-state index contributed by atoms with van der Waals surface area (Å²) in [5.74, 6) is 0.938. The van der Waals surface area contributed by atoms with E-state index in [-0.39, 0.29) is 25.9 Å². The van der Waals surface area contributed by atoms with Crippen molar-refractivity contribution in [3.05, 3.63) is 255 Å². The van der Waals surface area contributed by atoms with E-state index in [2.05, 4.69) is 187 Å². The minimum Gasteiger partial charge on any atom is -0.506 e. The maximum absolute atomic E-state index is 10.8. The summed E-state index contributed by atoms with van der Waals surface area (Å²) >= 11 is 0. The summed E-state index contributed by atoms with van der Waals surface area (Å²) in [6.45, 7) is 11.2. The molecule has 1 aliphatic rings. The van der Waals surface area contributed by atoms with Gasteiger partial charge in [-0.3, -0.25) is 9.97 Å². The summed E-state index contributed by atoms with van der Waals surface area (Å²) in [5, 5.41) is 10.8. The van der Waals surface area contributed by atoms with Gasteiger partial charge in [-0.15, -0.1) is 30.6 Å². The standard InChI is InChI=1S/C37H34N2O.C28H19N2.Ir/c1-25(2)31-21-29(27-13-7-5-8-14-27)22-32(26(3)4)37(31)28-19-20-33-35(23-28)39(34-17-11-12-18-36(34)40)24-38(33)30-15-9-6-10-16-30;1-2-8-21(9-3-1)22-12-14-23(15-13-22)24-18-25(27-10-4-6-16-29-27)20-26(19-24)28-11-5-7-17-30-28;/h5-15,17-26,40H,1-4H3;1-19H;/q-2;-1;+3. The van der Waals surface area contributed by atoms with E-state index in [1.807, 2.05) is 97.9 Å². The second-order valence-corrected chi connectivity index (χ2v) is 18.1. The number of fused-ring (bicyclic) bond motifs is 1. The molecule has 0 saturated carbocycles. The number of nitrogens with zero attached hydrogens (tertiary/aromatic N) is 4. The first-order valence-electron chi connectivity index (χ1n) is 23.9. The van der Waals surface area contributed by atoms with Crippen molar-refractivity contribution >= 4 is 22.7 Å². The van der Waals surface area contributed by atoms with E-state index in [1.54, 1.807) is 6.07 Å². The molecule has 71 heavy (non-hydrogen) atoms. The van der Waals surface area contributed by atoms with Crippen molar-refractivity contribution in [2.45, 2.75) is 39.5 Å². The average molecular weight is 1100 g/mol. The fourth-order valence-electron chi connectivity index (χ4n) is 9.17. The normalized spacial score (nSPS) is 11.7. The zero-order chi connectivity index (χ0) is 48.0. The number of para-hydroxylation sites is 3. The van der Waals surface area contributed by atoms with Gasteiger partial charge in [0, 0.05) is 35.2 Å². The number of rotatable bonds is 10. The maximum atomic E-state index is 10.8. The van der Waals surface area contributed by atoms with Gasteiger partial charge in [-0.05, 0) is 98.3 Å². The number of benzene rings is 8. The predicted molar refractivity (Wildman–Crippen MR) is 290 cm³/mol. The van der Waals surface area contributed by atoms with E-state index in [0.29, 0.717) is 11.8 Å². The molecule has 10 aromatic rings. The summed E-state index contributed by atoms with van der Waals surface area (Å²) in [7, 11) is 0. The Morgan fingerprint density at radius 3 is 1.46 bits per heavy atom. The zero-order valence-electron chi connectivity index (χ0n) is 40.2. The molecule has 1 aliphatic heterocycles. The number of pyridine rings is 2. The van der Waals surface area contributed by atoms with Crippen molar-refractivity contribution < 1.29 is 25.2 Å². The Morgan fingerprint density at radius 1 is 0.437 bits per heavy atom. The topological polar surface area (TPSA) is 52.5 Å². The van der Waals surface area contributed by atoms with E-state index in [9.17, 15) is 5.11 Å². The van der Waals surface area contributed by atoms with Crippen LogP contribution in [0.25, 0.3) is 67.0 Å². The third kappa shape index (κ3) is 10.5. The van der Waals surface area contributed by atoms with Crippen molar-refractivity contribution in [1.82, 2.24) is 9.97 Å². The van der Waals surface area contributed by atoms with E-state index in [0.717, 1.165) is 56.4 Å². The molecule has 6 heteroatoms. The molecule has 0 bridgehead atoms. The van der Waals surface area contributed by atoms with Gasteiger partial charge in [0.1, 0.15) is 5.75 Å². The SMILES string of the molecule is CC(C)c1cc(-c2ccccc2)cc(C(C)C)c1-c1ccc2c(c1)N(c1ccccc1O)[CH-]N2c1[c-]cccc1.[Ir+3].[c-]1c(-c2ccccn2)cc(-c2ccc(-c3ccccc3)cc2)cc1-c1ccccn1. The molecular weight excluding hydrogens is 1040 g/mol. The molecule has 348 valence electrons. The van der Waals surface area contributed by atoms with E-state index < -0.39 is 0 Å². The van der Waals surface area contributed by atoms with Gasteiger partial charge in [0.2, 0.25) is 0 Å². The van der Waals surface area contributed by atoms with Gasteiger partial charge < -0.3 is 14.9 Å². The first-order valence-corrected chi connectivity index (χ1v) is 23.9. The van der Waals surface area contributed by atoms with Crippen molar-refractivity contribution in [3.8, 4) is 72.8 Å². The summed E-state index contributed by atoms with van der Waals surface area (Å²) in [6.07, 6.45) is 3.62. The summed E-state index contributed by atoms with van der Waals surface area (Å²) in [6, 6.07) is 79.7. The van der Waals surface area contributed by atoms with Gasteiger partial charge >= 0.3 is 20.1 Å². The van der Waals surface area contributed by atoms with Crippen LogP contribution >= 0.6 is 0 Å². The molecular formula is C65H53IrN4O. The Kier molecular flexibility index (Phi) is 14.8. The smallest absolute Gasteiger partial charge is 0.506 e. The van der Waals surface area contributed by atoms with E-state index >= 15 is 0 Å². The molecule has 0 radical (unpaired) electrons. The first-order chi connectivity index (χ1) is 34.3. The van der Waals surface area contributed by atoms with Crippen molar-refractivity contribution in [1.29, 1.82) is 0 Å². The third-order valence-electron chi connectivity index (χ3n) is 12.7. The minimum absolute atomic E-state index is 0. The molecule has 1 N–H and O–H groups in total. The van der Waals surface area contributed by atoms with E-state index in [1.165, 1.54) is 44.5 Å². The van der Waals surface area contributed by atoms with Crippen LogP contribution in [0.4, 0.5) is 22.7 Å². The fourth-order valence-corrected chi connectivity index (χ4v) is 9.17. The maximum Gasteiger partial charge on any atom is 3.00 e. The first kappa shape index (κ1) is 48.1. The van der Waals surface area contributed by atoms with Crippen LogP contribution in [0.1, 0.15) is 50.7 Å². The number of aromatic hydroxyl groups is 1. The van der Waals surface area contributed by atoms with Gasteiger partial charge in [-0.1, -0.05) is 184 Å². The van der Waals surface area contributed by atoms with Crippen LogP contribution in [0.3, 0.4) is 0 Å². The molecule has 8 aromatic carbocycles.